The maximum atomic E-state index is 12.4. The predicted molar refractivity (Wildman–Crippen MR) is 61.2 cm³/mol. The minimum absolute atomic E-state index is 0.230. The molecule has 108 valence electrons. The summed E-state index contributed by atoms with van der Waals surface area (Å²) in [6.45, 7) is 1.65. The van der Waals surface area contributed by atoms with Crippen LogP contribution in [0.5, 0.6) is 0 Å². The number of carbonyl (C=O) groups is 2. The highest BCUT2D eigenvalue weighted by molar-refractivity contribution is 5.95. The van der Waals surface area contributed by atoms with E-state index in [1.165, 1.54) is 11.8 Å². The maximum absolute atomic E-state index is 12.4. The van der Waals surface area contributed by atoms with E-state index in [1.54, 1.807) is 0 Å². The average Bonchev–Trinajstić information content (AvgIpc) is 2.31. The predicted octanol–water partition coefficient (Wildman–Crippen LogP) is 1.55. The van der Waals surface area contributed by atoms with Crippen LogP contribution in [0.25, 0.3) is 0 Å². The summed E-state index contributed by atoms with van der Waals surface area (Å²) in [4.78, 5) is 26.7. The van der Waals surface area contributed by atoms with E-state index in [4.69, 9.17) is 0 Å². The summed E-state index contributed by atoms with van der Waals surface area (Å²) < 4.78 is 37.2. The first-order valence-electron chi connectivity index (χ1n) is 6.46. The van der Waals surface area contributed by atoms with Crippen LogP contribution < -0.4 is 0 Å². The van der Waals surface area contributed by atoms with Gasteiger partial charge in [-0.05, 0) is 26.2 Å². The summed E-state index contributed by atoms with van der Waals surface area (Å²) in [6, 6.07) is -1.54. The number of nitrogens with zero attached hydrogens (tertiary/aromatic N) is 2. The Kier molecular flexibility index (Phi) is 3.73. The third kappa shape index (κ3) is 3.01. The van der Waals surface area contributed by atoms with Gasteiger partial charge in [0.1, 0.15) is 12.6 Å². The van der Waals surface area contributed by atoms with E-state index in [2.05, 4.69) is 0 Å². The van der Waals surface area contributed by atoms with Gasteiger partial charge in [-0.15, -0.1) is 0 Å². The van der Waals surface area contributed by atoms with Gasteiger partial charge < -0.3 is 9.80 Å². The largest absolute Gasteiger partial charge is 0.391 e. The zero-order valence-electron chi connectivity index (χ0n) is 10.7. The van der Waals surface area contributed by atoms with Crippen molar-refractivity contribution in [3.05, 3.63) is 0 Å². The van der Waals surface area contributed by atoms with Crippen LogP contribution in [-0.4, -0.2) is 53.0 Å². The SMILES string of the molecule is CC(CC(F)(F)F)N1CC(=O)N2CCCCC2C1=O. The number of piperazine rings is 1. The number of piperidine rings is 1. The second kappa shape index (κ2) is 5.02. The van der Waals surface area contributed by atoms with Gasteiger partial charge in [0.15, 0.2) is 0 Å². The van der Waals surface area contributed by atoms with E-state index in [0.717, 1.165) is 17.7 Å². The molecule has 19 heavy (non-hydrogen) atoms. The molecule has 0 N–H and O–H groups in total. The molecule has 0 aromatic carbocycles. The molecule has 0 aromatic heterocycles. The molecule has 2 aliphatic rings. The fraction of sp³-hybridized carbons (Fsp3) is 0.833. The lowest BCUT2D eigenvalue weighted by atomic mass is 9.97. The number of hydrogen-bond donors (Lipinski definition) is 0. The highest BCUT2D eigenvalue weighted by Crippen LogP contribution is 2.28. The van der Waals surface area contributed by atoms with E-state index in [9.17, 15) is 22.8 Å². The zero-order chi connectivity index (χ0) is 14.2. The van der Waals surface area contributed by atoms with Crippen LogP contribution in [0.1, 0.15) is 32.6 Å². The first-order valence-corrected chi connectivity index (χ1v) is 6.46. The first-order chi connectivity index (χ1) is 8.79. The van der Waals surface area contributed by atoms with Crippen LogP contribution in [0.2, 0.25) is 0 Å². The molecule has 2 rings (SSSR count). The van der Waals surface area contributed by atoms with Gasteiger partial charge in [0, 0.05) is 12.6 Å². The van der Waals surface area contributed by atoms with Crippen molar-refractivity contribution in [3.8, 4) is 0 Å². The Balaban J connectivity index is 2.10. The van der Waals surface area contributed by atoms with Gasteiger partial charge in [-0.1, -0.05) is 0 Å². The van der Waals surface area contributed by atoms with Crippen LogP contribution in [0.15, 0.2) is 0 Å². The molecule has 4 nitrogen and oxygen atoms in total. The second-order valence-electron chi connectivity index (χ2n) is 5.23. The van der Waals surface area contributed by atoms with Crippen LogP contribution in [-0.2, 0) is 9.59 Å². The lowest BCUT2D eigenvalue weighted by Gasteiger charge is -2.44. The molecule has 0 bridgehead atoms. The Labute approximate surface area is 109 Å². The van der Waals surface area contributed by atoms with Gasteiger partial charge in [-0.25, -0.2) is 0 Å². The van der Waals surface area contributed by atoms with Gasteiger partial charge in [0.2, 0.25) is 11.8 Å². The fourth-order valence-electron chi connectivity index (χ4n) is 2.81. The van der Waals surface area contributed by atoms with Gasteiger partial charge in [0.25, 0.3) is 0 Å². The number of amides is 2. The Morgan fingerprint density at radius 2 is 2.00 bits per heavy atom. The summed E-state index contributed by atoms with van der Waals surface area (Å²) in [5.41, 5.74) is 0. The average molecular weight is 278 g/mol. The van der Waals surface area contributed by atoms with E-state index in [-0.39, 0.29) is 18.4 Å². The molecule has 0 aromatic rings. The lowest BCUT2D eigenvalue weighted by Crippen LogP contribution is -2.63. The molecular formula is C12H17F3N2O2. The van der Waals surface area contributed by atoms with Crippen LogP contribution in [0.4, 0.5) is 13.2 Å². The van der Waals surface area contributed by atoms with E-state index in [1.807, 2.05) is 0 Å². The molecule has 0 aliphatic carbocycles. The summed E-state index contributed by atoms with van der Waals surface area (Å²) in [5.74, 6) is -0.575. The monoisotopic (exact) mass is 278 g/mol. The molecule has 2 aliphatic heterocycles. The van der Waals surface area contributed by atoms with Crippen LogP contribution in [0, 0.1) is 0 Å². The van der Waals surface area contributed by atoms with E-state index >= 15 is 0 Å². The molecule has 2 heterocycles. The van der Waals surface area contributed by atoms with Gasteiger partial charge in [-0.3, -0.25) is 9.59 Å². The van der Waals surface area contributed by atoms with E-state index < -0.39 is 24.7 Å². The summed E-state index contributed by atoms with van der Waals surface area (Å²) in [5, 5.41) is 0. The standard InChI is InChI=1S/C12H17F3N2O2/c1-8(6-12(13,14)15)17-7-10(18)16-5-3-2-4-9(16)11(17)19/h8-9H,2-7H2,1H3. The number of hydrogen-bond acceptors (Lipinski definition) is 2. The van der Waals surface area contributed by atoms with Crippen molar-refractivity contribution in [1.82, 2.24) is 9.80 Å². The number of carbonyl (C=O) groups excluding carboxylic acids is 2. The van der Waals surface area contributed by atoms with Crippen molar-refractivity contribution < 1.29 is 22.8 Å². The Morgan fingerprint density at radius 3 is 2.63 bits per heavy atom. The number of halogens is 3. The minimum atomic E-state index is -4.33. The summed E-state index contributed by atoms with van der Waals surface area (Å²) in [7, 11) is 0. The van der Waals surface area contributed by atoms with Crippen molar-refractivity contribution in [2.45, 2.75) is 50.9 Å². The molecule has 0 radical (unpaired) electrons. The number of fused-ring (bicyclic) bond motifs is 1. The zero-order valence-corrected chi connectivity index (χ0v) is 10.7. The molecular weight excluding hydrogens is 261 g/mol. The summed E-state index contributed by atoms with van der Waals surface area (Å²) in [6.07, 6.45) is -3.15. The maximum Gasteiger partial charge on any atom is 0.391 e. The van der Waals surface area contributed by atoms with Crippen molar-refractivity contribution in [3.63, 3.8) is 0 Å². The molecule has 2 saturated heterocycles. The van der Waals surface area contributed by atoms with Crippen molar-refractivity contribution >= 4 is 11.8 Å². The molecule has 0 spiro atoms. The van der Waals surface area contributed by atoms with Crippen molar-refractivity contribution in [2.24, 2.45) is 0 Å². The molecule has 7 heteroatoms. The highest BCUT2D eigenvalue weighted by Gasteiger charge is 2.43. The minimum Gasteiger partial charge on any atom is -0.329 e. The fourth-order valence-corrected chi connectivity index (χ4v) is 2.81. The van der Waals surface area contributed by atoms with Crippen LogP contribution in [0.3, 0.4) is 0 Å². The molecule has 2 fully saturated rings. The smallest absolute Gasteiger partial charge is 0.329 e. The molecule has 2 atom stereocenters. The first kappa shape index (κ1) is 14.1. The topological polar surface area (TPSA) is 40.6 Å². The highest BCUT2D eigenvalue weighted by atomic mass is 19.4. The van der Waals surface area contributed by atoms with Gasteiger partial charge >= 0.3 is 6.18 Å². The van der Waals surface area contributed by atoms with E-state index in [0.29, 0.717) is 13.0 Å². The number of alkyl halides is 3. The van der Waals surface area contributed by atoms with Gasteiger partial charge in [-0.2, -0.15) is 13.2 Å². The van der Waals surface area contributed by atoms with Crippen molar-refractivity contribution in [1.29, 1.82) is 0 Å². The van der Waals surface area contributed by atoms with Crippen LogP contribution >= 0.6 is 0 Å². The second-order valence-corrected chi connectivity index (χ2v) is 5.23. The Hall–Kier alpha value is -1.27. The molecule has 2 unspecified atom stereocenters. The third-order valence-corrected chi connectivity index (χ3v) is 3.76. The molecule has 0 saturated carbocycles. The Morgan fingerprint density at radius 1 is 1.32 bits per heavy atom. The normalized spacial score (nSPS) is 26.4. The van der Waals surface area contributed by atoms with Gasteiger partial charge in [0.05, 0.1) is 6.42 Å². The lowest BCUT2D eigenvalue weighted by molar-refractivity contribution is -0.169. The Bertz CT molecular complexity index is 384. The molecule has 2 amide bonds. The quantitative estimate of drug-likeness (QED) is 0.769. The summed E-state index contributed by atoms with van der Waals surface area (Å²) >= 11 is 0. The third-order valence-electron chi connectivity index (χ3n) is 3.76. The number of rotatable bonds is 2. The van der Waals surface area contributed by atoms with Crippen molar-refractivity contribution in [2.75, 3.05) is 13.1 Å².